The van der Waals surface area contributed by atoms with Crippen molar-refractivity contribution in [1.29, 1.82) is 0 Å². The van der Waals surface area contributed by atoms with Gasteiger partial charge in [0.2, 0.25) is 0 Å². The van der Waals surface area contributed by atoms with Gasteiger partial charge in [-0.25, -0.2) is 13.2 Å². The highest BCUT2D eigenvalue weighted by Gasteiger charge is 2.29. The third kappa shape index (κ3) is 4.40. The molecule has 8 heteroatoms. The number of carbonyl (C=O) groups is 1. The molecule has 0 bridgehead atoms. The van der Waals surface area contributed by atoms with Crippen molar-refractivity contribution >= 4 is 44.9 Å². The second kappa shape index (κ2) is 8.45. The smallest absolute Gasteiger partial charge is 0.337 e. The molecule has 0 saturated carbocycles. The van der Waals surface area contributed by atoms with Crippen LogP contribution in [0.4, 0.5) is 5.69 Å². The van der Waals surface area contributed by atoms with Crippen LogP contribution < -0.4 is 4.31 Å². The van der Waals surface area contributed by atoms with Crippen LogP contribution in [-0.2, 0) is 16.6 Å². The Balaban J connectivity index is 2.22. The maximum atomic E-state index is 13.5. The molecule has 0 aliphatic rings. The van der Waals surface area contributed by atoms with Crippen molar-refractivity contribution in [3.63, 3.8) is 0 Å². The molecule has 0 aromatic heterocycles. The van der Waals surface area contributed by atoms with Crippen LogP contribution in [0.25, 0.3) is 0 Å². The number of sulfonamides is 1. The number of benzene rings is 3. The summed E-state index contributed by atoms with van der Waals surface area (Å²) in [7, 11) is -4.11. The standard InChI is InChI=1S/C21H17Cl2NO4S/c1-14-9-11-15(12-10-14)29(27,28)24(13-17-18(22)6-4-7-19(17)23)20-8-3-2-5-16(20)21(25)26/h2-12H,13H2,1H3,(H,25,26). The molecule has 29 heavy (non-hydrogen) atoms. The lowest BCUT2D eigenvalue weighted by molar-refractivity contribution is 0.0697. The van der Waals surface area contributed by atoms with E-state index in [-0.39, 0.29) is 32.7 Å². The fourth-order valence-corrected chi connectivity index (χ4v) is 4.80. The number of nitrogens with zero attached hydrogens (tertiary/aromatic N) is 1. The van der Waals surface area contributed by atoms with E-state index in [4.69, 9.17) is 23.2 Å². The molecule has 3 aromatic rings. The minimum absolute atomic E-state index is 0.0246. The summed E-state index contributed by atoms with van der Waals surface area (Å²) in [6, 6.07) is 17.1. The molecule has 0 atom stereocenters. The molecular formula is C21H17Cl2NO4S. The molecule has 0 aliphatic carbocycles. The van der Waals surface area contributed by atoms with E-state index in [1.165, 1.54) is 30.3 Å². The highest BCUT2D eigenvalue weighted by Crippen LogP contribution is 2.33. The van der Waals surface area contributed by atoms with Crippen LogP contribution in [0.1, 0.15) is 21.5 Å². The molecule has 0 radical (unpaired) electrons. The zero-order valence-corrected chi connectivity index (χ0v) is 17.7. The van der Waals surface area contributed by atoms with Crippen LogP contribution in [0, 0.1) is 6.92 Å². The SMILES string of the molecule is Cc1ccc(S(=O)(=O)N(Cc2c(Cl)cccc2Cl)c2ccccc2C(=O)O)cc1. The Morgan fingerprint density at radius 1 is 0.931 bits per heavy atom. The highest BCUT2D eigenvalue weighted by molar-refractivity contribution is 7.92. The van der Waals surface area contributed by atoms with Crippen molar-refractivity contribution in [2.75, 3.05) is 4.31 Å². The summed E-state index contributed by atoms with van der Waals surface area (Å²) < 4.78 is 28.0. The number of halogens is 2. The highest BCUT2D eigenvalue weighted by atomic mass is 35.5. The van der Waals surface area contributed by atoms with E-state index < -0.39 is 16.0 Å². The van der Waals surface area contributed by atoms with Gasteiger partial charge in [-0.3, -0.25) is 4.31 Å². The molecule has 0 fully saturated rings. The predicted octanol–water partition coefficient (Wildman–Crippen LogP) is 5.40. The lowest BCUT2D eigenvalue weighted by atomic mass is 10.1. The van der Waals surface area contributed by atoms with Gasteiger partial charge in [0.15, 0.2) is 0 Å². The van der Waals surface area contributed by atoms with Crippen LogP contribution in [-0.4, -0.2) is 19.5 Å². The maximum absolute atomic E-state index is 13.5. The average molecular weight is 450 g/mol. The number of hydrogen-bond donors (Lipinski definition) is 1. The van der Waals surface area contributed by atoms with Gasteiger partial charge in [0, 0.05) is 15.6 Å². The van der Waals surface area contributed by atoms with E-state index in [0.717, 1.165) is 9.87 Å². The monoisotopic (exact) mass is 449 g/mol. The Kier molecular flexibility index (Phi) is 6.17. The third-order valence-corrected chi connectivity index (χ3v) is 6.86. The van der Waals surface area contributed by atoms with E-state index >= 15 is 0 Å². The molecule has 3 aromatic carbocycles. The van der Waals surface area contributed by atoms with Gasteiger partial charge in [0.25, 0.3) is 10.0 Å². The van der Waals surface area contributed by atoms with Crippen LogP contribution in [0.3, 0.4) is 0 Å². The van der Waals surface area contributed by atoms with Gasteiger partial charge in [-0.2, -0.15) is 0 Å². The van der Waals surface area contributed by atoms with Crippen molar-refractivity contribution in [3.05, 3.63) is 93.5 Å². The van der Waals surface area contributed by atoms with E-state index in [9.17, 15) is 18.3 Å². The molecule has 0 aliphatic heterocycles. The van der Waals surface area contributed by atoms with Gasteiger partial charge in [-0.15, -0.1) is 0 Å². The van der Waals surface area contributed by atoms with Crippen molar-refractivity contribution in [3.8, 4) is 0 Å². The average Bonchev–Trinajstić information content (AvgIpc) is 2.68. The minimum Gasteiger partial charge on any atom is -0.478 e. The van der Waals surface area contributed by atoms with Crippen molar-refractivity contribution in [2.24, 2.45) is 0 Å². The number of rotatable bonds is 6. The molecule has 0 amide bonds. The van der Waals surface area contributed by atoms with Crippen molar-refractivity contribution in [2.45, 2.75) is 18.4 Å². The molecule has 150 valence electrons. The molecular weight excluding hydrogens is 433 g/mol. The minimum atomic E-state index is -4.11. The molecule has 0 saturated heterocycles. The molecule has 0 spiro atoms. The van der Waals surface area contributed by atoms with Gasteiger partial charge in [-0.05, 0) is 43.3 Å². The fourth-order valence-electron chi connectivity index (χ4n) is 2.84. The summed E-state index contributed by atoms with van der Waals surface area (Å²) in [5.41, 5.74) is 1.16. The molecule has 5 nitrogen and oxygen atoms in total. The van der Waals surface area contributed by atoms with Crippen LogP contribution in [0.2, 0.25) is 10.0 Å². The molecule has 1 N–H and O–H groups in total. The first-order valence-corrected chi connectivity index (χ1v) is 10.8. The Labute approximate surface area is 179 Å². The third-order valence-electron chi connectivity index (χ3n) is 4.38. The topological polar surface area (TPSA) is 74.7 Å². The number of carboxylic acids is 1. The second-order valence-electron chi connectivity index (χ2n) is 6.35. The Bertz CT molecular complexity index is 1140. The second-order valence-corrected chi connectivity index (χ2v) is 9.02. The number of aryl methyl sites for hydroxylation is 1. The van der Waals surface area contributed by atoms with Gasteiger partial charge in [0.1, 0.15) is 0 Å². The predicted molar refractivity (Wildman–Crippen MR) is 114 cm³/mol. The van der Waals surface area contributed by atoms with E-state index in [1.54, 1.807) is 36.4 Å². The van der Waals surface area contributed by atoms with Crippen LogP contribution >= 0.6 is 23.2 Å². The van der Waals surface area contributed by atoms with E-state index in [0.29, 0.717) is 5.56 Å². The Hall–Kier alpha value is -2.54. The largest absolute Gasteiger partial charge is 0.478 e. The number of hydrogen-bond acceptors (Lipinski definition) is 3. The Morgan fingerprint density at radius 3 is 2.10 bits per heavy atom. The summed E-state index contributed by atoms with van der Waals surface area (Å²) in [6.45, 7) is 1.62. The zero-order chi connectivity index (χ0) is 21.2. The van der Waals surface area contributed by atoms with Gasteiger partial charge >= 0.3 is 5.97 Å². The van der Waals surface area contributed by atoms with Gasteiger partial charge in [0.05, 0.1) is 22.7 Å². The first kappa shape index (κ1) is 21.2. The summed E-state index contributed by atoms with van der Waals surface area (Å²) >= 11 is 12.5. The maximum Gasteiger partial charge on any atom is 0.337 e. The first-order valence-electron chi connectivity index (χ1n) is 8.56. The van der Waals surface area contributed by atoms with Crippen molar-refractivity contribution in [1.82, 2.24) is 0 Å². The molecule has 3 rings (SSSR count). The normalized spacial score (nSPS) is 11.3. The lowest BCUT2D eigenvalue weighted by Gasteiger charge is -2.27. The number of carboxylic acid groups (broad SMARTS) is 1. The van der Waals surface area contributed by atoms with Crippen LogP contribution in [0.5, 0.6) is 0 Å². The fraction of sp³-hybridized carbons (Fsp3) is 0.0952. The Morgan fingerprint density at radius 2 is 1.52 bits per heavy atom. The summed E-state index contributed by atoms with van der Waals surface area (Å²) in [6.07, 6.45) is 0. The number of para-hydroxylation sites is 1. The van der Waals surface area contributed by atoms with E-state index in [1.807, 2.05) is 6.92 Å². The number of anilines is 1. The zero-order valence-electron chi connectivity index (χ0n) is 15.3. The summed E-state index contributed by atoms with van der Waals surface area (Å²) in [5.74, 6) is -1.24. The quantitative estimate of drug-likeness (QED) is 0.546. The van der Waals surface area contributed by atoms with Gasteiger partial charge in [-0.1, -0.05) is 59.1 Å². The lowest BCUT2D eigenvalue weighted by Crippen LogP contribution is -2.32. The summed E-state index contributed by atoms with van der Waals surface area (Å²) in [5, 5.41) is 10.2. The van der Waals surface area contributed by atoms with E-state index in [2.05, 4.69) is 0 Å². The molecule has 0 heterocycles. The van der Waals surface area contributed by atoms with Gasteiger partial charge < -0.3 is 5.11 Å². The first-order chi connectivity index (χ1) is 13.7. The molecule has 0 unspecified atom stereocenters. The summed E-state index contributed by atoms with van der Waals surface area (Å²) in [4.78, 5) is 11.8. The van der Waals surface area contributed by atoms with Crippen LogP contribution in [0.15, 0.2) is 71.6 Å². The van der Waals surface area contributed by atoms with Crippen molar-refractivity contribution < 1.29 is 18.3 Å². The number of aromatic carboxylic acids is 1.